The SMILES string of the molecule is CC(=O)C1=C(Nc2ccccc2)C[C@@](C)(O)[C@@H](C(C)=O)[C@H]1c1ccco1. The van der Waals surface area contributed by atoms with E-state index in [0.717, 1.165) is 5.69 Å². The summed E-state index contributed by atoms with van der Waals surface area (Å²) in [6, 6.07) is 12.9. The summed E-state index contributed by atoms with van der Waals surface area (Å²) in [7, 11) is 0. The second kappa shape index (κ2) is 6.92. The molecule has 0 radical (unpaired) electrons. The van der Waals surface area contributed by atoms with Gasteiger partial charge in [0.2, 0.25) is 0 Å². The molecule has 0 amide bonds. The van der Waals surface area contributed by atoms with Gasteiger partial charge in [-0.15, -0.1) is 0 Å². The molecule has 0 saturated heterocycles. The standard InChI is InChI=1S/C21H23NO4/c1-13(23)18-16(22-15-8-5-4-6-9-15)12-21(3,25)20(14(2)24)19(18)17-10-7-11-26-17/h4-11,19-20,22,25H,12H2,1-3H3/t19-,20-,21+/m0/s1. The Hall–Kier alpha value is -2.66. The summed E-state index contributed by atoms with van der Waals surface area (Å²) in [5.41, 5.74) is 0.610. The van der Waals surface area contributed by atoms with Crippen molar-refractivity contribution >= 4 is 17.3 Å². The number of Topliss-reactive ketones (excluding diaryl/α,β-unsaturated/α-hetero) is 2. The van der Waals surface area contributed by atoms with Crippen LogP contribution in [-0.2, 0) is 9.59 Å². The van der Waals surface area contributed by atoms with Gasteiger partial charge in [0.1, 0.15) is 11.5 Å². The first-order chi connectivity index (χ1) is 12.3. The average molecular weight is 353 g/mol. The van der Waals surface area contributed by atoms with E-state index in [9.17, 15) is 14.7 Å². The first-order valence-corrected chi connectivity index (χ1v) is 8.63. The van der Waals surface area contributed by atoms with Crippen molar-refractivity contribution in [3.63, 3.8) is 0 Å². The van der Waals surface area contributed by atoms with Crippen LogP contribution in [0.1, 0.15) is 38.9 Å². The molecule has 0 unspecified atom stereocenters. The van der Waals surface area contributed by atoms with Crippen molar-refractivity contribution in [2.24, 2.45) is 5.92 Å². The Labute approximate surface area is 152 Å². The molecule has 0 spiro atoms. The van der Waals surface area contributed by atoms with Crippen LogP contribution in [-0.4, -0.2) is 22.3 Å². The van der Waals surface area contributed by atoms with Gasteiger partial charge in [-0.3, -0.25) is 9.59 Å². The Kier molecular flexibility index (Phi) is 4.83. The highest BCUT2D eigenvalue weighted by molar-refractivity contribution is 5.98. The lowest BCUT2D eigenvalue weighted by Gasteiger charge is -2.42. The second-order valence-electron chi connectivity index (χ2n) is 7.05. The van der Waals surface area contributed by atoms with Crippen LogP contribution in [0, 0.1) is 5.92 Å². The number of furan rings is 1. The summed E-state index contributed by atoms with van der Waals surface area (Å²) < 4.78 is 5.55. The van der Waals surface area contributed by atoms with Gasteiger partial charge in [0, 0.05) is 23.4 Å². The summed E-state index contributed by atoms with van der Waals surface area (Å²) in [4.78, 5) is 24.9. The summed E-state index contributed by atoms with van der Waals surface area (Å²) in [5.74, 6) is -1.20. The van der Waals surface area contributed by atoms with Gasteiger partial charge in [0.05, 0.1) is 23.7 Å². The van der Waals surface area contributed by atoms with Crippen LogP contribution in [0.3, 0.4) is 0 Å². The topological polar surface area (TPSA) is 79.5 Å². The first-order valence-electron chi connectivity index (χ1n) is 8.63. The zero-order valence-corrected chi connectivity index (χ0v) is 15.2. The van der Waals surface area contributed by atoms with E-state index in [1.54, 1.807) is 19.1 Å². The van der Waals surface area contributed by atoms with Gasteiger partial charge in [0.25, 0.3) is 0 Å². The van der Waals surface area contributed by atoms with Crippen LogP contribution in [0.15, 0.2) is 64.4 Å². The number of carbonyl (C=O) groups excluding carboxylic acids is 2. The third kappa shape index (κ3) is 3.35. The third-order valence-electron chi connectivity index (χ3n) is 4.91. The number of nitrogens with one attached hydrogen (secondary N) is 1. The van der Waals surface area contributed by atoms with Crippen LogP contribution < -0.4 is 5.32 Å². The van der Waals surface area contributed by atoms with Crippen molar-refractivity contribution in [2.75, 3.05) is 5.32 Å². The lowest BCUT2D eigenvalue weighted by Crippen LogP contribution is -2.48. The minimum atomic E-state index is -1.31. The van der Waals surface area contributed by atoms with Gasteiger partial charge < -0.3 is 14.8 Å². The van der Waals surface area contributed by atoms with Crippen LogP contribution in [0.5, 0.6) is 0 Å². The average Bonchev–Trinajstić information content (AvgIpc) is 3.07. The highest BCUT2D eigenvalue weighted by Gasteiger charge is 2.50. The summed E-state index contributed by atoms with van der Waals surface area (Å²) in [6.45, 7) is 4.57. The zero-order valence-electron chi connectivity index (χ0n) is 15.2. The molecule has 0 aliphatic heterocycles. The fourth-order valence-corrected chi connectivity index (χ4v) is 3.96. The van der Waals surface area contributed by atoms with E-state index in [-0.39, 0.29) is 18.0 Å². The van der Waals surface area contributed by atoms with Gasteiger partial charge >= 0.3 is 0 Å². The van der Waals surface area contributed by atoms with Crippen LogP contribution in [0.25, 0.3) is 0 Å². The molecule has 1 aromatic carbocycles. The maximum Gasteiger partial charge on any atom is 0.158 e. The lowest BCUT2D eigenvalue weighted by atomic mass is 9.65. The van der Waals surface area contributed by atoms with E-state index >= 15 is 0 Å². The van der Waals surface area contributed by atoms with E-state index in [1.807, 2.05) is 30.3 Å². The van der Waals surface area contributed by atoms with E-state index in [2.05, 4.69) is 5.32 Å². The Bertz CT molecular complexity index is 834. The van der Waals surface area contributed by atoms with Crippen molar-refractivity contribution in [2.45, 2.75) is 38.7 Å². The third-order valence-corrected chi connectivity index (χ3v) is 4.91. The Morgan fingerprint density at radius 2 is 1.85 bits per heavy atom. The number of allylic oxidation sites excluding steroid dienone is 1. The van der Waals surface area contributed by atoms with Crippen molar-refractivity contribution in [3.8, 4) is 0 Å². The predicted molar refractivity (Wildman–Crippen MR) is 98.6 cm³/mol. The van der Waals surface area contributed by atoms with Crippen LogP contribution in [0.2, 0.25) is 0 Å². The van der Waals surface area contributed by atoms with Gasteiger partial charge in [-0.2, -0.15) is 0 Å². The Morgan fingerprint density at radius 3 is 2.38 bits per heavy atom. The van der Waals surface area contributed by atoms with E-state index < -0.39 is 17.4 Å². The van der Waals surface area contributed by atoms with Gasteiger partial charge in [0.15, 0.2) is 5.78 Å². The molecule has 2 N–H and O–H groups in total. The molecule has 0 bridgehead atoms. The smallest absolute Gasteiger partial charge is 0.158 e. The molecule has 2 aromatic rings. The number of hydrogen-bond acceptors (Lipinski definition) is 5. The molecule has 0 fully saturated rings. The lowest BCUT2D eigenvalue weighted by molar-refractivity contribution is -0.131. The fraction of sp³-hybridized carbons (Fsp3) is 0.333. The molecular formula is C21H23NO4. The number of aliphatic hydroxyl groups is 1. The highest BCUT2D eigenvalue weighted by atomic mass is 16.3. The Morgan fingerprint density at radius 1 is 1.15 bits per heavy atom. The number of ketones is 2. The number of anilines is 1. The predicted octanol–water partition coefficient (Wildman–Crippen LogP) is 3.68. The number of hydrogen-bond donors (Lipinski definition) is 2. The van der Waals surface area contributed by atoms with E-state index in [0.29, 0.717) is 17.0 Å². The number of rotatable bonds is 5. The molecule has 26 heavy (non-hydrogen) atoms. The number of benzene rings is 1. The molecule has 5 heteroatoms. The minimum Gasteiger partial charge on any atom is -0.469 e. The van der Waals surface area contributed by atoms with Crippen molar-refractivity contribution in [1.82, 2.24) is 0 Å². The highest BCUT2D eigenvalue weighted by Crippen LogP contribution is 2.47. The summed E-state index contributed by atoms with van der Waals surface area (Å²) in [6.07, 6.45) is 1.69. The van der Waals surface area contributed by atoms with Gasteiger partial charge in [-0.05, 0) is 45.0 Å². The Balaban J connectivity index is 2.18. The van der Waals surface area contributed by atoms with Crippen LogP contribution in [0.4, 0.5) is 5.69 Å². The number of carbonyl (C=O) groups is 2. The fourth-order valence-electron chi connectivity index (χ4n) is 3.96. The summed E-state index contributed by atoms with van der Waals surface area (Å²) >= 11 is 0. The maximum absolute atomic E-state index is 12.6. The van der Waals surface area contributed by atoms with Crippen molar-refractivity contribution < 1.29 is 19.1 Å². The number of para-hydroxylation sites is 1. The van der Waals surface area contributed by atoms with E-state index in [1.165, 1.54) is 20.1 Å². The molecular weight excluding hydrogens is 330 g/mol. The molecule has 1 aromatic heterocycles. The summed E-state index contributed by atoms with van der Waals surface area (Å²) in [5, 5.41) is 14.3. The van der Waals surface area contributed by atoms with Crippen LogP contribution >= 0.6 is 0 Å². The first kappa shape index (κ1) is 18.1. The molecule has 1 aliphatic carbocycles. The molecule has 3 rings (SSSR count). The monoisotopic (exact) mass is 353 g/mol. The van der Waals surface area contributed by atoms with Crippen molar-refractivity contribution in [1.29, 1.82) is 0 Å². The zero-order chi connectivity index (χ0) is 18.9. The van der Waals surface area contributed by atoms with E-state index in [4.69, 9.17) is 4.42 Å². The molecule has 136 valence electrons. The molecule has 3 atom stereocenters. The minimum absolute atomic E-state index is 0.147. The largest absolute Gasteiger partial charge is 0.469 e. The molecule has 1 aliphatic rings. The van der Waals surface area contributed by atoms with Crippen molar-refractivity contribution in [3.05, 3.63) is 65.8 Å². The maximum atomic E-state index is 12.6. The normalized spacial score (nSPS) is 25.8. The van der Waals surface area contributed by atoms with Gasteiger partial charge in [-0.25, -0.2) is 0 Å². The second-order valence-corrected chi connectivity index (χ2v) is 7.05. The van der Waals surface area contributed by atoms with Gasteiger partial charge in [-0.1, -0.05) is 18.2 Å². The molecule has 5 nitrogen and oxygen atoms in total. The molecule has 1 heterocycles. The quantitative estimate of drug-likeness (QED) is 0.857. The molecule has 0 saturated carbocycles.